The van der Waals surface area contributed by atoms with Crippen LogP contribution in [0.1, 0.15) is 51.4 Å². The molecule has 0 aliphatic heterocycles. The molecule has 1 nitrogen and oxygen atoms in total. The molecule has 0 aromatic carbocycles. The van der Waals surface area contributed by atoms with Gasteiger partial charge in [0.25, 0.3) is 0 Å². The summed E-state index contributed by atoms with van der Waals surface area (Å²) in [7, 11) is 0. The van der Waals surface area contributed by atoms with Crippen molar-refractivity contribution in [2.24, 2.45) is 17.8 Å². The van der Waals surface area contributed by atoms with Gasteiger partial charge in [0.15, 0.2) is 0 Å². The van der Waals surface area contributed by atoms with Gasteiger partial charge in [-0.3, -0.25) is 4.79 Å². The zero-order valence-electron chi connectivity index (χ0n) is 9.38. The maximum Gasteiger partial charge on any atom is 0.136 e. The normalized spacial score (nSPS) is 35.9. The standard InChI is InChI=1S/C13H21BrO/c14-8-7-13(15)12-6-5-10-3-1-2-4-11(10)9-12/h10-12H,1-9H2. The van der Waals surface area contributed by atoms with Gasteiger partial charge in [-0.1, -0.05) is 41.6 Å². The molecule has 2 fully saturated rings. The monoisotopic (exact) mass is 272 g/mol. The van der Waals surface area contributed by atoms with E-state index in [2.05, 4.69) is 15.9 Å². The lowest BCUT2D eigenvalue weighted by Crippen LogP contribution is -2.31. The minimum atomic E-state index is 0.405. The fraction of sp³-hybridized carbons (Fsp3) is 0.923. The van der Waals surface area contributed by atoms with Gasteiger partial charge in [-0.15, -0.1) is 0 Å². The highest BCUT2D eigenvalue weighted by atomic mass is 79.9. The molecule has 2 saturated carbocycles. The Morgan fingerprint density at radius 3 is 2.53 bits per heavy atom. The van der Waals surface area contributed by atoms with Crippen molar-refractivity contribution in [3.05, 3.63) is 0 Å². The SMILES string of the molecule is O=C(CCBr)C1CCC2CCCCC2C1. The van der Waals surface area contributed by atoms with Crippen molar-refractivity contribution in [1.29, 1.82) is 0 Å². The Hall–Kier alpha value is 0.150. The van der Waals surface area contributed by atoms with Crippen molar-refractivity contribution in [1.82, 2.24) is 0 Å². The molecule has 2 rings (SSSR count). The third kappa shape index (κ3) is 2.83. The van der Waals surface area contributed by atoms with E-state index in [0.717, 1.165) is 23.6 Å². The zero-order chi connectivity index (χ0) is 10.7. The Morgan fingerprint density at radius 2 is 1.80 bits per heavy atom. The first-order valence-corrected chi connectivity index (χ1v) is 7.52. The molecule has 3 unspecified atom stereocenters. The Kier molecular flexibility index (Phi) is 4.24. The number of halogens is 1. The highest BCUT2D eigenvalue weighted by molar-refractivity contribution is 9.09. The van der Waals surface area contributed by atoms with E-state index in [9.17, 15) is 4.79 Å². The topological polar surface area (TPSA) is 17.1 Å². The Labute approximate surface area is 101 Å². The van der Waals surface area contributed by atoms with Crippen LogP contribution in [0.5, 0.6) is 0 Å². The maximum absolute atomic E-state index is 11.8. The number of alkyl halides is 1. The fourth-order valence-electron chi connectivity index (χ4n) is 3.46. The number of Topliss-reactive ketones (excluding diaryl/α,β-unsaturated/α-hetero) is 1. The van der Waals surface area contributed by atoms with E-state index in [1.165, 1.54) is 44.9 Å². The van der Waals surface area contributed by atoms with Crippen molar-refractivity contribution < 1.29 is 4.79 Å². The summed E-state index contributed by atoms with van der Waals surface area (Å²) in [6.07, 6.45) is 10.1. The van der Waals surface area contributed by atoms with Gasteiger partial charge in [0.05, 0.1) is 0 Å². The van der Waals surface area contributed by atoms with Crippen molar-refractivity contribution in [2.45, 2.75) is 51.4 Å². The second kappa shape index (κ2) is 5.47. The molecule has 0 spiro atoms. The Bertz CT molecular complexity index is 227. The molecule has 2 aliphatic carbocycles. The smallest absolute Gasteiger partial charge is 0.136 e. The van der Waals surface area contributed by atoms with Gasteiger partial charge < -0.3 is 0 Å². The molecule has 0 aromatic rings. The fourth-order valence-corrected chi connectivity index (χ4v) is 3.85. The average molecular weight is 273 g/mol. The summed E-state index contributed by atoms with van der Waals surface area (Å²) in [4.78, 5) is 11.8. The van der Waals surface area contributed by atoms with Gasteiger partial charge in [0.2, 0.25) is 0 Å². The average Bonchev–Trinajstić information content (AvgIpc) is 2.29. The Morgan fingerprint density at radius 1 is 1.07 bits per heavy atom. The van der Waals surface area contributed by atoms with Gasteiger partial charge in [0, 0.05) is 17.7 Å². The summed E-state index contributed by atoms with van der Waals surface area (Å²) in [5, 5.41) is 0.844. The quantitative estimate of drug-likeness (QED) is 0.712. The van der Waals surface area contributed by atoms with Gasteiger partial charge in [0.1, 0.15) is 5.78 Å². The molecule has 0 radical (unpaired) electrons. The first kappa shape index (κ1) is 11.6. The van der Waals surface area contributed by atoms with Gasteiger partial charge in [-0.25, -0.2) is 0 Å². The lowest BCUT2D eigenvalue weighted by Gasteiger charge is -2.38. The number of carbonyl (C=O) groups excluding carboxylic acids is 1. The number of rotatable bonds is 3. The molecule has 2 aliphatic rings. The predicted octanol–water partition coefficient (Wildman–Crippen LogP) is 3.95. The van der Waals surface area contributed by atoms with Gasteiger partial charge in [-0.05, 0) is 31.1 Å². The maximum atomic E-state index is 11.8. The third-order valence-electron chi connectivity index (χ3n) is 4.34. The molecule has 2 heteroatoms. The molecule has 0 amide bonds. The van der Waals surface area contributed by atoms with Crippen LogP contribution >= 0.6 is 15.9 Å². The number of carbonyl (C=O) groups is 1. The molecule has 3 atom stereocenters. The van der Waals surface area contributed by atoms with Crippen molar-refractivity contribution in [3.8, 4) is 0 Å². The van der Waals surface area contributed by atoms with Gasteiger partial charge >= 0.3 is 0 Å². The first-order valence-electron chi connectivity index (χ1n) is 6.40. The van der Waals surface area contributed by atoms with Crippen LogP contribution in [0.4, 0.5) is 0 Å². The van der Waals surface area contributed by atoms with Crippen LogP contribution in [0.3, 0.4) is 0 Å². The second-order valence-corrected chi connectivity index (χ2v) is 6.01. The number of hydrogen-bond donors (Lipinski definition) is 0. The lowest BCUT2D eigenvalue weighted by molar-refractivity contribution is -0.124. The number of hydrogen-bond acceptors (Lipinski definition) is 1. The molecule has 0 saturated heterocycles. The summed E-state index contributed by atoms with van der Waals surface area (Å²) in [6.45, 7) is 0. The zero-order valence-corrected chi connectivity index (χ0v) is 11.0. The summed E-state index contributed by atoms with van der Waals surface area (Å²) < 4.78 is 0. The largest absolute Gasteiger partial charge is 0.299 e. The van der Waals surface area contributed by atoms with Crippen LogP contribution in [0.15, 0.2) is 0 Å². The molecular weight excluding hydrogens is 252 g/mol. The summed E-state index contributed by atoms with van der Waals surface area (Å²) in [5.74, 6) is 2.77. The summed E-state index contributed by atoms with van der Waals surface area (Å²) in [6, 6.07) is 0. The van der Waals surface area contributed by atoms with Crippen molar-refractivity contribution in [3.63, 3.8) is 0 Å². The number of ketones is 1. The second-order valence-electron chi connectivity index (χ2n) is 5.22. The van der Waals surface area contributed by atoms with E-state index in [1.54, 1.807) is 0 Å². The lowest BCUT2D eigenvalue weighted by atomic mass is 9.66. The van der Waals surface area contributed by atoms with Crippen LogP contribution in [-0.2, 0) is 4.79 Å². The van der Waals surface area contributed by atoms with Crippen LogP contribution in [0.25, 0.3) is 0 Å². The van der Waals surface area contributed by atoms with E-state index in [4.69, 9.17) is 0 Å². The minimum absolute atomic E-state index is 0.405. The van der Waals surface area contributed by atoms with Crippen molar-refractivity contribution >= 4 is 21.7 Å². The first-order chi connectivity index (χ1) is 7.31. The highest BCUT2D eigenvalue weighted by Crippen LogP contribution is 2.43. The Balaban J connectivity index is 1.87. The molecule has 0 N–H and O–H groups in total. The molecular formula is C13H21BrO. The molecule has 0 bridgehead atoms. The number of fused-ring (bicyclic) bond motifs is 1. The molecule has 0 aromatic heterocycles. The van der Waals surface area contributed by atoms with E-state index < -0.39 is 0 Å². The van der Waals surface area contributed by atoms with Crippen LogP contribution in [0.2, 0.25) is 0 Å². The van der Waals surface area contributed by atoms with Crippen LogP contribution in [0, 0.1) is 17.8 Å². The van der Waals surface area contributed by atoms with Crippen LogP contribution in [-0.4, -0.2) is 11.1 Å². The van der Waals surface area contributed by atoms with Crippen LogP contribution < -0.4 is 0 Å². The van der Waals surface area contributed by atoms with E-state index >= 15 is 0 Å². The molecule has 86 valence electrons. The molecule has 0 heterocycles. The highest BCUT2D eigenvalue weighted by Gasteiger charge is 2.34. The summed E-state index contributed by atoms with van der Waals surface area (Å²) in [5.41, 5.74) is 0. The van der Waals surface area contributed by atoms with E-state index in [1.807, 2.05) is 0 Å². The third-order valence-corrected chi connectivity index (χ3v) is 4.73. The summed E-state index contributed by atoms with van der Waals surface area (Å²) >= 11 is 3.36. The van der Waals surface area contributed by atoms with Crippen molar-refractivity contribution in [2.75, 3.05) is 5.33 Å². The van der Waals surface area contributed by atoms with Gasteiger partial charge in [-0.2, -0.15) is 0 Å². The molecule has 15 heavy (non-hydrogen) atoms. The minimum Gasteiger partial charge on any atom is -0.299 e. The van der Waals surface area contributed by atoms with E-state index in [-0.39, 0.29) is 0 Å². The predicted molar refractivity (Wildman–Crippen MR) is 66.2 cm³/mol. The van der Waals surface area contributed by atoms with E-state index in [0.29, 0.717) is 11.7 Å².